The first kappa shape index (κ1) is 35.2. The van der Waals surface area contributed by atoms with Crippen LogP contribution in [0.15, 0.2) is 192 Å². The Morgan fingerprint density at radius 3 is 0.826 bits per heavy atom. The van der Waals surface area contributed by atoms with Gasteiger partial charge in [0, 0.05) is 0 Å². The predicted molar refractivity (Wildman–Crippen MR) is 221 cm³/mol. The Bertz CT molecular complexity index is 1380. The average Bonchev–Trinajstić information content (AvgIpc) is 3.11. The minimum atomic E-state index is -0.975. The summed E-state index contributed by atoms with van der Waals surface area (Å²) in [6.45, 7) is 0. The molecule has 0 fully saturated rings. The van der Waals surface area contributed by atoms with Crippen molar-refractivity contribution in [1.29, 1.82) is 0 Å². The normalized spacial score (nSPS) is 11.5. The van der Waals surface area contributed by atoms with Gasteiger partial charge in [-0.1, -0.05) is 0 Å². The first-order valence-corrected chi connectivity index (χ1v) is 35.9. The van der Waals surface area contributed by atoms with Crippen LogP contribution in [0.3, 0.4) is 0 Å². The van der Waals surface area contributed by atoms with E-state index >= 15 is 0 Å². The molecule has 6 aromatic rings. The summed E-state index contributed by atoms with van der Waals surface area (Å²) < 4.78 is 6.35. The fourth-order valence-electron chi connectivity index (χ4n) is 4.33. The van der Waals surface area contributed by atoms with Gasteiger partial charge in [-0.2, -0.15) is 0 Å². The van der Waals surface area contributed by atoms with E-state index in [1.807, 2.05) is 0 Å². The second kappa shape index (κ2) is 19.5. The van der Waals surface area contributed by atoms with Gasteiger partial charge in [0.25, 0.3) is 0 Å². The van der Waals surface area contributed by atoms with E-state index in [0.717, 1.165) is 5.14 Å². The fraction of sp³-hybridized carbons (Fsp3) is 0.0270. The van der Waals surface area contributed by atoms with E-state index in [1.54, 1.807) is 17.8 Å². The van der Waals surface area contributed by atoms with E-state index in [-0.39, 0.29) is 0 Å². The summed E-state index contributed by atoms with van der Waals surface area (Å²) in [4.78, 5) is 2.87. The third kappa shape index (κ3) is 11.2. The van der Waals surface area contributed by atoms with Crippen molar-refractivity contribution in [3.05, 3.63) is 182 Å². The zero-order valence-electron chi connectivity index (χ0n) is 24.8. The molecule has 46 heavy (non-hydrogen) atoms. The quantitative estimate of drug-likeness (QED) is 0.0755. The molecular formula is C37H34P3S2Se4+3. The Morgan fingerprint density at radius 2 is 0.565 bits per heavy atom. The number of hydrogen-bond acceptors (Lipinski definition) is 2. The molecule has 6 aromatic carbocycles. The molecule has 230 valence electrons. The van der Waals surface area contributed by atoms with Crippen LogP contribution in [0.4, 0.5) is 0 Å². The third-order valence-electron chi connectivity index (χ3n) is 6.48. The van der Waals surface area contributed by atoms with Gasteiger partial charge in [-0.25, -0.2) is 0 Å². The summed E-state index contributed by atoms with van der Waals surface area (Å²) in [5, 5.41) is -0.697. The standard InChI is InChI=1S/C37H31P3S2Se4/c1-7-19-31(20-8-1)41-38(42-32-21-9-2-10-22-32)37(39(43-33-23-11-3-12-24-33)44-34-25-13-4-14-26-34)40(45-35-27-15-5-16-28-35)46-36-29-17-6-18-30-36/h1-30,37H/p+3. The van der Waals surface area contributed by atoms with E-state index < -0.39 is 16.9 Å². The van der Waals surface area contributed by atoms with Gasteiger partial charge in [-0.05, 0) is 0 Å². The van der Waals surface area contributed by atoms with Crippen molar-refractivity contribution >= 4 is 116 Å². The molecule has 0 aromatic heterocycles. The maximum atomic E-state index is 2.42. The van der Waals surface area contributed by atoms with Crippen molar-refractivity contribution in [2.45, 2.75) is 14.9 Å². The molecule has 0 N–H and O–H groups in total. The Morgan fingerprint density at radius 1 is 0.326 bits per heavy atom. The molecule has 0 aliphatic rings. The van der Waals surface area contributed by atoms with Gasteiger partial charge in [0.15, 0.2) is 0 Å². The Balaban J connectivity index is 1.50. The van der Waals surface area contributed by atoms with Crippen LogP contribution in [0.5, 0.6) is 0 Å². The zero-order chi connectivity index (χ0) is 31.2. The summed E-state index contributed by atoms with van der Waals surface area (Å²) in [6.07, 6.45) is -0.975. The van der Waals surface area contributed by atoms with Crippen LogP contribution in [-0.4, -0.2) is 63.2 Å². The molecule has 0 aliphatic heterocycles. The molecule has 0 nitrogen and oxygen atoms in total. The molecule has 0 bridgehead atoms. The topological polar surface area (TPSA) is 0 Å². The van der Waals surface area contributed by atoms with Gasteiger partial charge in [0.05, 0.1) is 0 Å². The second-order valence-corrected chi connectivity index (χ2v) is 50.1. The number of hydrogen-bond donors (Lipinski definition) is 0. The molecule has 9 heteroatoms. The van der Waals surface area contributed by atoms with Crippen LogP contribution in [0.2, 0.25) is 0 Å². The van der Waals surface area contributed by atoms with Gasteiger partial charge in [0.1, 0.15) is 0 Å². The SMILES string of the molecule is c1ccc(S[PH+](Sc2ccccc2)C([PH+]([Se]c2ccccc2)[Se]c2ccccc2)[PH+]([Se]c2ccccc2)[Se]c2ccccc2)cc1. The molecule has 0 amide bonds. The second-order valence-electron chi connectivity index (χ2n) is 9.88. The molecule has 0 atom stereocenters. The van der Waals surface area contributed by atoms with Gasteiger partial charge in [-0.3, -0.25) is 0 Å². The number of benzene rings is 6. The van der Waals surface area contributed by atoms with Gasteiger partial charge < -0.3 is 0 Å². The Labute approximate surface area is 309 Å². The van der Waals surface area contributed by atoms with Crippen molar-refractivity contribution < 1.29 is 0 Å². The summed E-state index contributed by atoms with van der Waals surface area (Å²) >= 11 is 6.41. The van der Waals surface area contributed by atoms with Crippen LogP contribution >= 0.6 is 39.7 Å². The van der Waals surface area contributed by atoms with Crippen molar-refractivity contribution in [2.24, 2.45) is 0 Å². The first-order valence-electron chi connectivity index (χ1n) is 14.8. The van der Waals surface area contributed by atoms with Crippen molar-refractivity contribution in [3.63, 3.8) is 0 Å². The van der Waals surface area contributed by atoms with E-state index in [2.05, 4.69) is 205 Å². The van der Waals surface area contributed by atoms with E-state index in [9.17, 15) is 0 Å². The molecule has 0 saturated carbocycles. The zero-order valence-corrected chi connectivity index (χ0v) is 36.3. The van der Waals surface area contributed by atoms with E-state index in [0.29, 0.717) is 58.1 Å². The van der Waals surface area contributed by atoms with Crippen molar-refractivity contribution in [1.82, 2.24) is 0 Å². The monoisotopic (exact) mass is 955 g/mol. The molecular weight excluding hydrogens is 917 g/mol. The van der Waals surface area contributed by atoms with E-state index in [1.165, 1.54) is 9.79 Å². The van der Waals surface area contributed by atoms with Crippen LogP contribution in [-0.2, 0) is 0 Å². The average molecular weight is 952 g/mol. The van der Waals surface area contributed by atoms with Crippen LogP contribution in [0, 0.1) is 0 Å². The maximum absolute atomic E-state index is 2.42. The molecule has 0 spiro atoms. The third-order valence-corrected chi connectivity index (χ3v) is 65.7. The molecule has 0 unspecified atom stereocenters. The van der Waals surface area contributed by atoms with E-state index in [4.69, 9.17) is 0 Å². The molecule has 0 heterocycles. The molecule has 6 rings (SSSR count). The van der Waals surface area contributed by atoms with Gasteiger partial charge in [0.2, 0.25) is 0 Å². The number of rotatable bonds is 15. The molecule has 0 saturated heterocycles. The Kier molecular flexibility index (Phi) is 15.0. The van der Waals surface area contributed by atoms with Gasteiger partial charge in [-0.15, -0.1) is 0 Å². The summed E-state index contributed by atoms with van der Waals surface area (Å²) in [5.41, 5.74) is 0. The van der Waals surface area contributed by atoms with Gasteiger partial charge >= 0.3 is 313 Å². The Hall–Kier alpha value is -0.612. The summed E-state index contributed by atoms with van der Waals surface area (Å²) in [5.74, 6) is 0. The summed E-state index contributed by atoms with van der Waals surface area (Å²) in [6, 6.07) is 68.8. The first-order chi connectivity index (χ1) is 22.8. The van der Waals surface area contributed by atoms with Crippen LogP contribution in [0.1, 0.15) is 0 Å². The predicted octanol–water partition coefficient (Wildman–Crippen LogP) is 8.11. The van der Waals surface area contributed by atoms with Crippen molar-refractivity contribution in [2.75, 3.05) is 0 Å². The fourth-order valence-corrected chi connectivity index (χ4v) is 102. The van der Waals surface area contributed by atoms with Crippen molar-refractivity contribution in [3.8, 4) is 0 Å². The molecule has 0 aliphatic carbocycles. The van der Waals surface area contributed by atoms with Crippen LogP contribution < -0.4 is 17.8 Å². The summed E-state index contributed by atoms with van der Waals surface area (Å²) in [7, 11) is 0. The molecule has 0 radical (unpaired) electrons. The minimum absolute atomic E-state index is 0.478. The van der Waals surface area contributed by atoms with Crippen LogP contribution in [0.25, 0.3) is 0 Å².